The van der Waals surface area contributed by atoms with Crippen LogP contribution in [0.3, 0.4) is 0 Å². The van der Waals surface area contributed by atoms with Gasteiger partial charge in [-0.1, -0.05) is 11.6 Å². The molecule has 3 N–H and O–H groups in total. The molecule has 0 amide bonds. The van der Waals surface area contributed by atoms with Gasteiger partial charge in [0.1, 0.15) is 11.7 Å². The van der Waals surface area contributed by atoms with Gasteiger partial charge in [0.15, 0.2) is 0 Å². The van der Waals surface area contributed by atoms with E-state index in [4.69, 9.17) is 22.7 Å². The summed E-state index contributed by atoms with van der Waals surface area (Å²) < 4.78 is 0. The van der Waals surface area contributed by atoms with Crippen molar-refractivity contribution in [2.45, 2.75) is 18.9 Å². The summed E-state index contributed by atoms with van der Waals surface area (Å²) in [5.74, 6) is 0.694. The van der Waals surface area contributed by atoms with Crippen LogP contribution in [0.15, 0.2) is 12.3 Å². The molecule has 15 heavy (non-hydrogen) atoms. The monoisotopic (exact) mass is 224 g/mol. The number of pyridine rings is 1. The molecule has 1 aromatic heterocycles. The van der Waals surface area contributed by atoms with E-state index in [1.54, 1.807) is 12.3 Å². The summed E-state index contributed by atoms with van der Waals surface area (Å²) in [4.78, 5) is 6.27. The smallest absolute Gasteiger partial charge is 0.148 e. The zero-order valence-corrected chi connectivity index (χ0v) is 9.25. The van der Waals surface area contributed by atoms with E-state index in [9.17, 15) is 0 Å². The summed E-state index contributed by atoms with van der Waals surface area (Å²) in [6.45, 7) is 0. The minimum atomic E-state index is -0.0205. The molecule has 1 saturated carbocycles. The van der Waals surface area contributed by atoms with Crippen molar-refractivity contribution in [1.82, 2.24) is 4.98 Å². The zero-order valence-electron chi connectivity index (χ0n) is 8.50. The van der Waals surface area contributed by atoms with E-state index in [1.165, 1.54) is 12.8 Å². The van der Waals surface area contributed by atoms with Crippen molar-refractivity contribution >= 4 is 23.3 Å². The quantitative estimate of drug-likeness (QED) is 0.606. The number of hydrogen-bond donors (Lipinski definition) is 2. The third-order valence-corrected chi connectivity index (χ3v) is 2.96. The van der Waals surface area contributed by atoms with Crippen LogP contribution >= 0.6 is 11.6 Å². The first-order valence-electron chi connectivity index (χ1n) is 4.83. The lowest BCUT2D eigenvalue weighted by Crippen LogP contribution is -2.22. The first-order chi connectivity index (χ1) is 7.11. The Bertz CT molecular complexity index is 400. The lowest BCUT2D eigenvalue weighted by Gasteiger charge is -2.19. The van der Waals surface area contributed by atoms with E-state index in [1.807, 2.05) is 7.05 Å². The third-order valence-electron chi connectivity index (χ3n) is 2.59. The molecule has 1 aromatic rings. The second kappa shape index (κ2) is 3.70. The molecule has 0 bridgehead atoms. The first kappa shape index (κ1) is 10.2. The molecule has 0 unspecified atom stereocenters. The lowest BCUT2D eigenvalue weighted by atomic mass is 10.2. The predicted molar refractivity (Wildman–Crippen MR) is 61.7 cm³/mol. The van der Waals surface area contributed by atoms with Gasteiger partial charge in [0.25, 0.3) is 0 Å². The highest BCUT2D eigenvalue weighted by molar-refractivity contribution is 6.36. The van der Waals surface area contributed by atoms with E-state index in [0.717, 1.165) is 0 Å². The highest BCUT2D eigenvalue weighted by atomic mass is 35.5. The van der Waals surface area contributed by atoms with Gasteiger partial charge in [0.05, 0.1) is 5.02 Å². The highest BCUT2D eigenvalue weighted by Crippen LogP contribution is 2.34. The Labute approximate surface area is 93.6 Å². The third kappa shape index (κ3) is 1.90. The Kier molecular flexibility index (Phi) is 2.52. The van der Waals surface area contributed by atoms with E-state index >= 15 is 0 Å². The van der Waals surface area contributed by atoms with Gasteiger partial charge >= 0.3 is 0 Å². The highest BCUT2D eigenvalue weighted by Gasteiger charge is 2.28. The Hall–Kier alpha value is -1.29. The van der Waals surface area contributed by atoms with Crippen LogP contribution in [0.5, 0.6) is 0 Å². The SMILES string of the molecule is CN(c1nccc(C(=N)N)c1Cl)C1CC1. The molecule has 0 aliphatic heterocycles. The van der Waals surface area contributed by atoms with Crippen LogP contribution in [0, 0.1) is 5.41 Å². The van der Waals surface area contributed by atoms with E-state index in [2.05, 4.69) is 9.88 Å². The molecule has 0 atom stereocenters. The number of anilines is 1. The van der Waals surface area contributed by atoms with Gasteiger partial charge in [-0.2, -0.15) is 0 Å². The van der Waals surface area contributed by atoms with Crippen molar-refractivity contribution in [2.24, 2.45) is 5.73 Å². The maximum absolute atomic E-state index is 7.38. The Morgan fingerprint density at radius 2 is 2.33 bits per heavy atom. The summed E-state index contributed by atoms with van der Waals surface area (Å²) in [6, 6.07) is 2.20. The van der Waals surface area contributed by atoms with Gasteiger partial charge in [-0.3, -0.25) is 5.41 Å². The molecule has 1 fully saturated rings. The van der Waals surface area contributed by atoms with Crippen molar-refractivity contribution in [2.75, 3.05) is 11.9 Å². The standard InChI is InChI=1S/C10H13ClN4/c1-15(6-2-3-6)10-8(11)7(9(12)13)4-5-14-10/h4-6H,2-3H2,1H3,(H3,12,13). The largest absolute Gasteiger partial charge is 0.384 e. The lowest BCUT2D eigenvalue weighted by molar-refractivity contribution is 0.892. The van der Waals surface area contributed by atoms with Crippen molar-refractivity contribution in [3.8, 4) is 0 Å². The van der Waals surface area contributed by atoms with Crippen molar-refractivity contribution in [3.05, 3.63) is 22.8 Å². The van der Waals surface area contributed by atoms with Gasteiger partial charge in [-0.15, -0.1) is 0 Å². The number of amidine groups is 1. The summed E-state index contributed by atoms with van der Waals surface area (Å²) in [5.41, 5.74) is 5.98. The maximum atomic E-state index is 7.38. The molecule has 0 spiro atoms. The van der Waals surface area contributed by atoms with E-state index in [0.29, 0.717) is 22.4 Å². The number of nitrogens with two attached hydrogens (primary N) is 1. The van der Waals surface area contributed by atoms with Crippen LogP contribution in [-0.2, 0) is 0 Å². The molecule has 80 valence electrons. The molecule has 4 nitrogen and oxygen atoms in total. The molecule has 5 heteroatoms. The van der Waals surface area contributed by atoms with Crippen molar-refractivity contribution in [3.63, 3.8) is 0 Å². The molecule has 0 saturated heterocycles. The van der Waals surface area contributed by atoms with Crippen molar-refractivity contribution < 1.29 is 0 Å². The van der Waals surface area contributed by atoms with Crippen LogP contribution in [0.1, 0.15) is 18.4 Å². The molecule has 1 heterocycles. The van der Waals surface area contributed by atoms with Crippen LogP contribution in [-0.4, -0.2) is 23.9 Å². The number of aromatic nitrogens is 1. The van der Waals surface area contributed by atoms with Crippen LogP contribution in [0.25, 0.3) is 0 Å². The minimum absolute atomic E-state index is 0.0205. The van der Waals surface area contributed by atoms with Gasteiger partial charge in [0, 0.05) is 24.8 Å². The fraction of sp³-hybridized carbons (Fsp3) is 0.400. The van der Waals surface area contributed by atoms with Crippen LogP contribution in [0.4, 0.5) is 5.82 Å². The molecule has 1 aliphatic carbocycles. The topological polar surface area (TPSA) is 66.0 Å². The van der Waals surface area contributed by atoms with Gasteiger partial charge in [-0.25, -0.2) is 4.98 Å². The van der Waals surface area contributed by atoms with E-state index < -0.39 is 0 Å². The van der Waals surface area contributed by atoms with E-state index in [-0.39, 0.29) is 5.84 Å². The average molecular weight is 225 g/mol. The Morgan fingerprint density at radius 1 is 1.67 bits per heavy atom. The van der Waals surface area contributed by atoms with Gasteiger partial charge in [-0.05, 0) is 18.9 Å². The summed E-state index contributed by atoms with van der Waals surface area (Å²) in [5, 5.41) is 7.86. The number of nitrogens with zero attached hydrogens (tertiary/aromatic N) is 2. The summed E-state index contributed by atoms with van der Waals surface area (Å²) in [7, 11) is 1.97. The number of nitrogen functional groups attached to an aromatic ring is 1. The molecular weight excluding hydrogens is 212 g/mol. The average Bonchev–Trinajstić information content (AvgIpc) is 3.00. The zero-order chi connectivity index (χ0) is 11.0. The first-order valence-corrected chi connectivity index (χ1v) is 5.20. The Morgan fingerprint density at radius 3 is 2.87 bits per heavy atom. The summed E-state index contributed by atoms with van der Waals surface area (Å²) in [6.07, 6.45) is 3.99. The minimum Gasteiger partial charge on any atom is -0.384 e. The van der Waals surface area contributed by atoms with Gasteiger partial charge in [0.2, 0.25) is 0 Å². The summed E-state index contributed by atoms with van der Waals surface area (Å²) >= 11 is 6.15. The molecule has 0 aromatic carbocycles. The molecule has 1 aliphatic rings. The number of hydrogen-bond acceptors (Lipinski definition) is 3. The Balaban J connectivity index is 2.38. The number of nitrogens with one attached hydrogen (secondary N) is 1. The maximum Gasteiger partial charge on any atom is 0.148 e. The fourth-order valence-corrected chi connectivity index (χ4v) is 1.87. The second-order valence-corrected chi connectivity index (χ2v) is 4.13. The molecule has 2 rings (SSSR count). The van der Waals surface area contributed by atoms with Crippen molar-refractivity contribution in [1.29, 1.82) is 5.41 Å². The van der Waals surface area contributed by atoms with Gasteiger partial charge < -0.3 is 10.6 Å². The number of rotatable bonds is 3. The number of halogens is 1. The van der Waals surface area contributed by atoms with Crippen LogP contribution < -0.4 is 10.6 Å². The normalized spacial score (nSPS) is 15.1. The second-order valence-electron chi connectivity index (χ2n) is 3.75. The predicted octanol–water partition coefficient (Wildman–Crippen LogP) is 1.62. The van der Waals surface area contributed by atoms with Crippen LogP contribution in [0.2, 0.25) is 5.02 Å². The molecular formula is C10H13ClN4. The molecule has 0 radical (unpaired) electrons. The fourth-order valence-electron chi connectivity index (χ4n) is 1.52.